The summed E-state index contributed by atoms with van der Waals surface area (Å²) in [6.45, 7) is 6.12. The van der Waals surface area contributed by atoms with Crippen LogP contribution < -0.4 is 5.32 Å². The molecule has 0 aliphatic carbocycles. The number of nitrogens with one attached hydrogen (secondary N) is 1. The lowest BCUT2D eigenvalue weighted by atomic mass is 10.1. The van der Waals surface area contributed by atoms with Crippen LogP contribution in [0.5, 0.6) is 0 Å². The van der Waals surface area contributed by atoms with Crippen LogP contribution in [-0.2, 0) is 0 Å². The first-order valence-electron chi connectivity index (χ1n) is 6.91. The van der Waals surface area contributed by atoms with Crippen molar-refractivity contribution in [2.24, 2.45) is 5.92 Å². The molecule has 112 valence electrons. The third-order valence-corrected chi connectivity index (χ3v) is 3.17. The monoisotopic (exact) mass is 288 g/mol. The van der Waals surface area contributed by atoms with Gasteiger partial charge in [0.05, 0.1) is 5.69 Å². The summed E-state index contributed by atoms with van der Waals surface area (Å²) in [6, 6.07) is 7.19. The van der Waals surface area contributed by atoms with Gasteiger partial charge in [0.2, 0.25) is 0 Å². The van der Waals surface area contributed by atoms with Gasteiger partial charge in [-0.25, -0.2) is 9.67 Å². The lowest BCUT2D eigenvalue weighted by Gasteiger charge is -2.10. The molecule has 0 fully saturated rings. The molecule has 0 bridgehead atoms. The highest BCUT2D eigenvalue weighted by Gasteiger charge is 2.09. The molecule has 6 nitrogen and oxygen atoms in total. The van der Waals surface area contributed by atoms with Crippen molar-refractivity contribution in [1.82, 2.24) is 20.1 Å². The minimum absolute atomic E-state index is 0.0500. The molecule has 1 aromatic carbocycles. The fraction of sp³-hybridized carbons (Fsp3) is 0.400. The van der Waals surface area contributed by atoms with E-state index >= 15 is 0 Å². The lowest BCUT2D eigenvalue weighted by molar-refractivity contribution is 0.0942. The SMILES string of the molecule is Cc1nc(C)n(-c2ccc(C(=O)NCC(C)CO)cc2)n1. The minimum Gasteiger partial charge on any atom is -0.396 e. The molecule has 0 spiro atoms. The second-order valence-electron chi connectivity index (χ2n) is 5.16. The molecule has 1 heterocycles. The first kappa shape index (κ1) is 15.2. The molecule has 2 aromatic rings. The Morgan fingerprint density at radius 1 is 1.33 bits per heavy atom. The second-order valence-corrected chi connectivity index (χ2v) is 5.16. The van der Waals surface area contributed by atoms with Crippen LogP contribution in [0, 0.1) is 19.8 Å². The van der Waals surface area contributed by atoms with E-state index in [0.29, 0.717) is 17.9 Å². The van der Waals surface area contributed by atoms with Crippen molar-refractivity contribution in [2.75, 3.05) is 13.2 Å². The topological polar surface area (TPSA) is 80.0 Å². The Morgan fingerprint density at radius 3 is 2.52 bits per heavy atom. The van der Waals surface area contributed by atoms with Crippen molar-refractivity contribution in [3.05, 3.63) is 41.5 Å². The van der Waals surface area contributed by atoms with Crippen LogP contribution in [-0.4, -0.2) is 38.9 Å². The molecule has 0 aliphatic heterocycles. The summed E-state index contributed by atoms with van der Waals surface area (Å²) >= 11 is 0. The smallest absolute Gasteiger partial charge is 0.251 e. The van der Waals surface area contributed by atoms with Crippen LogP contribution in [0.1, 0.15) is 28.9 Å². The molecule has 21 heavy (non-hydrogen) atoms. The number of carbonyl (C=O) groups is 1. The van der Waals surface area contributed by atoms with Gasteiger partial charge in [-0.3, -0.25) is 4.79 Å². The number of benzene rings is 1. The van der Waals surface area contributed by atoms with E-state index in [9.17, 15) is 4.79 Å². The van der Waals surface area contributed by atoms with Crippen LogP contribution >= 0.6 is 0 Å². The van der Waals surface area contributed by atoms with Crippen molar-refractivity contribution in [1.29, 1.82) is 0 Å². The van der Waals surface area contributed by atoms with Crippen LogP contribution in [0.15, 0.2) is 24.3 Å². The molecule has 2 rings (SSSR count). The molecule has 0 aliphatic rings. The Balaban J connectivity index is 2.08. The number of aliphatic hydroxyl groups is 1. The number of rotatable bonds is 5. The van der Waals surface area contributed by atoms with Gasteiger partial charge in [0.15, 0.2) is 0 Å². The van der Waals surface area contributed by atoms with Gasteiger partial charge in [0.25, 0.3) is 5.91 Å². The summed E-state index contributed by atoms with van der Waals surface area (Å²) in [5.41, 5.74) is 1.45. The maximum atomic E-state index is 12.0. The number of aromatic nitrogens is 3. The Bertz CT molecular complexity index is 619. The highest BCUT2D eigenvalue weighted by molar-refractivity contribution is 5.94. The average molecular weight is 288 g/mol. The molecule has 1 amide bonds. The van der Waals surface area contributed by atoms with Crippen molar-refractivity contribution >= 4 is 5.91 Å². The van der Waals surface area contributed by atoms with Crippen molar-refractivity contribution in [3.63, 3.8) is 0 Å². The molecular weight excluding hydrogens is 268 g/mol. The van der Waals surface area contributed by atoms with Gasteiger partial charge in [-0.2, -0.15) is 5.10 Å². The van der Waals surface area contributed by atoms with E-state index in [2.05, 4.69) is 15.4 Å². The first-order chi connectivity index (χ1) is 10.0. The number of carbonyl (C=O) groups excluding carboxylic acids is 1. The van der Waals surface area contributed by atoms with E-state index in [0.717, 1.165) is 11.5 Å². The van der Waals surface area contributed by atoms with Gasteiger partial charge in [-0.15, -0.1) is 0 Å². The summed E-state index contributed by atoms with van der Waals surface area (Å²) < 4.78 is 1.74. The summed E-state index contributed by atoms with van der Waals surface area (Å²) in [4.78, 5) is 16.2. The highest BCUT2D eigenvalue weighted by atomic mass is 16.3. The zero-order valence-corrected chi connectivity index (χ0v) is 12.5. The largest absolute Gasteiger partial charge is 0.396 e. The average Bonchev–Trinajstić information content (AvgIpc) is 2.83. The fourth-order valence-electron chi connectivity index (χ4n) is 1.95. The van der Waals surface area contributed by atoms with Crippen molar-refractivity contribution in [3.8, 4) is 5.69 Å². The number of aryl methyl sites for hydroxylation is 2. The number of nitrogens with zero attached hydrogens (tertiary/aromatic N) is 3. The normalized spacial score (nSPS) is 12.2. The van der Waals surface area contributed by atoms with E-state index in [1.807, 2.05) is 32.9 Å². The molecule has 6 heteroatoms. The quantitative estimate of drug-likeness (QED) is 0.867. The summed E-state index contributed by atoms with van der Waals surface area (Å²) in [7, 11) is 0. The molecule has 1 aromatic heterocycles. The number of hydrogen-bond acceptors (Lipinski definition) is 4. The van der Waals surface area contributed by atoms with Crippen LogP contribution in [0.4, 0.5) is 0 Å². The number of hydrogen-bond donors (Lipinski definition) is 2. The maximum absolute atomic E-state index is 12.0. The van der Waals surface area contributed by atoms with E-state index < -0.39 is 0 Å². The van der Waals surface area contributed by atoms with Crippen LogP contribution in [0.3, 0.4) is 0 Å². The Kier molecular flexibility index (Phi) is 4.70. The Morgan fingerprint density at radius 2 is 2.00 bits per heavy atom. The third-order valence-electron chi connectivity index (χ3n) is 3.17. The van der Waals surface area contributed by atoms with Crippen molar-refractivity contribution in [2.45, 2.75) is 20.8 Å². The predicted molar refractivity (Wildman–Crippen MR) is 79.4 cm³/mol. The Hall–Kier alpha value is -2.21. The van der Waals surface area contributed by atoms with E-state index in [-0.39, 0.29) is 18.4 Å². The van der Waals surface area contributed by atoms with E-state index in [4.69, 9.17) is 5.11 Å². The molecule has 0 saturated heterocycles. The maximum Gasteiger partial charge on any atom is 0.251 e. The molecule has 1 atom stereocenters. The molecule has 0 radical (unpaired) electrons. The summed E-state index contributed by atoms with van der Waals surface area (Å²) in [5.74, 6) is 1.43. The molecule has 0 saturated carbocycles. The third kappa shape index (κ3) is 3.66. The van der Waals surface area contributed by atoms with Crippen LogP contribution in [0.2, 0.25) is 0 Å². The predicted octanol–water partition coefficient (Wildman–Crippen LogP) is 1.24. The van der Waals surface area contributed by atoms with Crippen molar-refractivity contribution < 1.29 is 9.90 Å². The zero-order chi connectivity index (χ0) is 15.4. The van der Waals surface area contributed by atoms with Gasteiger partial charge in [0.1, 0.15) is 11.6 Å². The first-order valence-corrected chi connectivity index (χ1v) is 6.91. The standard InChI is InChI=1S/C15H20N4O2/c1-10(9-20)8-16-15(21)13-4-6-14(7-5-13)19-12(3)17-11(2)18-19/h4-7,10,20H,8-9H2,1-3H3,(H,16,21). The van der Waals surface area contributed by atoms with Gasteiger partial charge >= 0.3 is 0 Å². The number of aliphatic hydroxyl groups excluding tert-OH is 1. The molecule has 1 unspecified atom stereocenters. The second kappa shape index (κ2) is 6.49. The van der Waals surface area contributed by atoms with Crippen LogP contribution in [0.25, 0.3) is 5.69 Å². The zero-order valence-electron chi connectivity index (χ0n) is 12.5. The van der Waals surface area contributed by atoms with Gasteiger partial charge in [0, 0.05) is 18.7 Å². The number of amides is 1. The fourth-order valence-corrected chi connectivity index (χ4v) is 1.95. The van der Waals surface area contributed by atoms with E-state index in [1.165, 1.54) is 0 Å². The molecule has 2 N–H and O–H groups in total. The summed E-state index contributed by atoms with van der Waals surface area (Å²) in [5, 5.41) is 16.0. The van der Waals surface area contributed by atoms with Gasteiger partial charge < -0.3 is 10.4 Å². The van der Waals surface area contributed by atoms with Gasteiger partial charge in [-0.1, -0.05) is 6.92 Å². The summed E-state index contributed by atoms with van der Waals surface area (Å²) in [6.07, 6.45) is 0. The lowest BCUT2D eigenvalue weighted by Crippen LogP contribution is -2.29. The highest BCUT2D eigenvalue weighted by Crippen LogP contribution is 2.11. The van der Waals surface area contributed by atoms with Gasteiger partial charge in [-0.05, 0) is 44.0 Å². The minimum atomic E-state index is -0.145. The molecular formula is C15H20N4O2. The van der Waals surface area contributed by atoms with E-state index in [1.54, 1.807) is 16.8 Å². The Labute approximate surface area is 123 Å².